The van der Waals surface area contributed by atoms with Gasteiger partial charge in [-0.2, -0.15) is 5.26 Å². The van der Waals surface area contributed by atoms with Gasteiger partial charge in [0.25, 0.3) is 0 Å². The largest absolute Gasteiger partial charge is 0.364 e. The molecule has 1 N–H and O–H groups in total. The Kier molecular flexibility index (Phi) is 3.78. The van der Waals surface area contributed by atoms with Gasteiger partial charge in [0.2, 0.25) is 0 Å². The molecule has 1 atom stereocenters. The van der Waals surface area contributed by atoms with Crippen molar-refractivity contribution in [1.29, 1.82) is 5.26 Å². The van der Waals surface area contributed by atoms with Crippen LogP contribution in [-0.2, 0) is 5.54 Å². The van der Waals surface area contributed by atoms with E-state index in [0.717, 1.165) is 11.3 Å². The van der Waals surface area contributed by atoms with E-state index in [2.05, 4.69) is 11.4 Å². The zero-order valence-electron chi connectivity index (χ0n) is 10.9. The van der Waals surface area contributed by atoms with Crippen molar-refractivity contribution in [3.63, 3.8) is 0 Å². The Morgan fingerprint density at radius 2 is 1.63 bits per heavy atom. The summed E-state index contributed by atoms with van der Waals surface area (Å²) in [4.78, 5) is 0. The molecule has 2 aromatic carbocycles. The van der Waals surface area contributed by atoms with E-state index < -0.39 is 5.54 Å². The molecule has 2 nitrogen and oxygen atoms in total. The van der Waals surface area contributed by atoms with Crippen LogP contribution in [0.1, 0.15) is 18.1 Å². The lowest BCUT2D eigenvalue weighted by Gasteiger charge is -2.25. The van der Waals surface area contributed by atoms with Crippen LogP contribution in [-0.4, -0.2) is 0 Å². The van der Waals surface area contributed by atoms with E-state index in [4.69, 9.17) is 11.6 Å². The average molecular weight is 271 g/mol. The monoisotopic (exact) mass is 270 g/mol. The quantitative estimate of drug-likeness (QED) is 0.891. The van der Waals surface area contributed by atoms with Gasteiger partial charge >= 0.3 is 0 Å². The molecule has 0 fully saturated rings. The molecule has 0 saturated carbocycles. The van der Waals surface area contributed by atoms with E-state index in [1.54, 1.807) is 12.1 Å². The first kappa shape index (κ1) is 13.5. The molecule has 0 bridgehead atoms. The van der Waals surface area contributed by atoms with Gasteiger partial charge in [0.05, 0.1) is 6.07 Å². The van der Waals surface area contributed by atoms with E-state index in [1.165, 1.54) is 5.56 Å². The first-order valence-corrected chi connectivity index (χ1v) is 6.43. The number of benzene rings is 2. The van der Waals surface area contributed by atoms with Crippen molar-refractivity contribution in [2.75, 3.05) is 5.32 Å². The summed E-state index contributed by atoms with van der Waals surface area (Å²) in [6.07, 6.45) is 0. The SMILES string of the molecule is Cc1ccc(NC(C)(C#N)c2ccc(Cl)cc2)cc1. The fraction of sp³-hybridized carbons (Fsp3) is 0.188. The van der Waals surface area contributed by atoms with Crippen molar-refractivity contribution in [3.05, 3.63) is 64.7 Å². The van der Waals surface area contributed by atoms with Gasteiger partial charge in [-0.15, -0.1) is 0 Å². The van der Waals surface area contributed by atoms with Gasteiger partial charge in [-0.05, 0) is 43.7 Å². The summed E-state index contributed by atoms with van der Waals surface area (Å²) in [6.45, 7) is 3.89. The van der Waals surface area contributed by atoms with Crippen LogP contribution in [0.5, 0.6) is 0 Å². The molecule has 2 aromatic rings. The van der Waals surface area contributed by atoms with Crippen molar-refractivity contribution >= 4 is 17.3 Å². The summed E-state index contributed by atoms with van der Waals surface area (Å²) in [5.74, 6) is 0. The van der Waals surface area contributed by atoms with E-state index in [0.29, 0.717) is 5.02 Å². The smallest absolute Gasteiger partial charge is 0.148 e. The number of hydrogen-bond acceptors (Lipinski definition) is 2. The van der Waals surface area contributed by atoms with Gasteiger partial charge in [-0.1, -0.05) is 41.4 Å². The second kappa shape index (κ2) is 5.34. The maximum Gasteiger partial charge on any atom is 0.148 e. The summed E-state index contributed by atoms with van der Waals surface area (Å²) in [5, 5.41) is 13.4. The summed E-state index contributed by atoms with van der Waals surface area (Å²) < 4.78 is 0. The molecule has 1 unspecified atom stereocenters. The summed E-state index contributed by atoms with van der Waals surface area (Å²) in [7, 11) is 0. The third-order valence-corrected chi connectivity index (χ3v) is 3.34. The number of halogens is 1. The Bertz CT molecular complexity index is 596. The van der Waals surface area contributed by atoms with Gasteiger partial charge in [-0.3, -0.25) is 0 Å². The van der Waals surface area contributed by atoms with Gasteiger partial charge in [-0.25, -0.2) is 0 Å². The number of anilines is 1. The van der Waals surface area contributed by atoms with E-state index in [1.807, 2.05) is 50.2 Å². The molecule has 0 radical (unpaired) electrons. The predicted molar refractivity (Wildman–Crippen MR) is 79.2 cm³/mol. The van der Waals surface area contributed by atoms with Gasteiger partial charge in [0.1, 0.15) is 5.54 Å². The first-order chi connectivity index (χ1) is 9.03. The summed E-state index contributed by atoms with van der Waals surface area (Å²) >= 11 is 5.88. The minimum Gasteiger partial charge on any atom is -0.364 e. The topological polar surface area (TPSA) is 35.8 Å². The fourth-order valence-corrected chi connectivity index (χ4v) is 2.00. The molecule has 2 rings (SSSR count). The van der Waals surface area contributed by atoms with Crippen LogP contribution in [0, 0.1) is 18.3 Å². The van der Waals surface area contributed by atoms with Gasteiger partial charge < -0.3 is 5.32 Å². The molecule has 19 heavy (non-hydrogen) atoms. The average Bonchev–Trinajstić information content (AvgIpc) is 2.42. The van der Waals surface area contributed by atoms with Crippen LogP contribution in [0.4, 0.5) is 5.69 Å². The molecule has 0 saturated heterocycles. The molecular weight excluding hydrogens is 256 g/mol. The molecule has 0 amide bonds. The van der Waals surface area contributed by atoms with Crippen LogP contribution in [0.3, 0.4) is 0 Å². The van der Waals surface area contributed by atoms with E-state index in [-0.39, 0.29) is 0 Å². The van der Waals surface area contributed by atoms with Crippen molar-refractivity contribution in [1.82, 2.24) is 0 Å². The van der Waals surface area contributed by atoms with Crippen molar-refractivity contribution < 1.29 is 0 Å². The fourth-order valence-electron chi connectivity index (χ4n) is 1.87. The molecule has 0 spiro atoms. The lowest BCUT2D eigenvalue weighted by atomic mass is 9.93. The van der Waals surface area contributed by atoms with E-state index >= 15 is 0 Å². The molecule has 3 heteroatoms. The second-order valence-corrected chi connectivity index (χ2v) is 5.17. The Morgan fingerprint density at radius 3 is 2.16 bits per heavy atom. The van der Waals surface area contributed by atoms with Gasteiger partial charge in [0.15, 0.2) is 0 Å². The first-order valence-electron chi connectivity index (χ1n) is 6.06. The van der Waals surface area contributed by atoms with Crippen LogP contribution < -0.4 is 5.32 Å². The minimum atomic E-state index is -0.778. The highest BCUT2D eigenvalue weighted by Crippen LogP contribution is 2.26. The van der Waals surface area contributed by atoms with E-state index in [9.17, 15) is 5.26 Å². The highest BCUT2D eigenvalue weighted by Gasteiger charge is 2.25. The molecule has 0 aliphatic heterocycles. The molecular formula is C16H15ClN2. The molecule has 0 aromatic heterocycles. The lowest BCUT2D eigenvalue weighted by Crippen LogP contribution is -2.29. The normalized spacial score (nSPS) is 13.4. The Hall–Kier alpha value is -1.98. The molecule has 0 aliphatic carbocycles. The summed E-state index contributed by atoms with van der Waals surface area (Å²) in [6, 6.07) is 17.6. The zero-order chi connectivity index (χ0) is 13.9. The number of nitrogens with one attached hydrogen (secondary N) is 1. The highest BCUT2D eigenvalue weighted by molar-refractivity contribution is 6.30. The Morgan fingerprint density at radius 1 is 1.05 bits per heavy atom. The minimum absolute atomic E-state index is 0.666. The van der Waals surface area contributed by atoms with Crippen molar-refractivity contribution in [2.24, 2.45) is 0 Å². The molecule has 0 heterocycles. The number of rotatable bonds is 3. The van der Waals surface area contributed by atoms with Crippen molar-refractivity contribution in [2.45, 2.75) is 19.4 Å². The van der Waals surface area contributed by atoms with Crippen LogP contribution >= 0.6 is 11.6 Å². The maximum atomic E-state index is 9.48. The Balaban J connectivity index is 2.30. The number of aryl methyl sites for hydroxylation is 1. The van der Waals surface area contributed by atoms with Crippen LogP contribution in [0.15, 0.2) is 48.5 Å². The number of nitrogens with zero attached hydrogens (tertiary/aromatic N) is 1. The standard InChI is InChI=1S/C16H15ClN2/c1-12-3-9-15(10-4-12)19-16(2,11-18)13-5-7-14(17)8-6-13/h3-10,19H,1-2H3. The number of hydrogen-bond donors (Lipinski definition) is 1. The second-order valence-electron chi connectivity index (χ2n) is 4.73. The molecule has 96 valence electrons. The van der Waals surface area contributed by atoms with Crippen molar-refractivity contribution in [3.8, 4) is 6.07 Å². The lowest BCUT2D eigenvalue weighted by molar-refractivity contribution is 0.706. The third kappa shape index (κ3) is 3.07. The van der Waals surface area contributed by atoms with Gasteiger partial charge in [0, 0.05) is 10.7 Å². The number of nitriles is 1. The van der Waals surface area contributed by atoms with Crippen LogP contribution in [0.2, 0.25) is 5.02 Å². The summed E-state index contributed by atoms with van der Waals surface area (Å²) in [5.41, 5.74) is 2.22. The zero-order valence-corrected chi connectivity index (χ0v) is 11.7. The predicted octanol–water partition coefficient (Wildman–Crippen LogP) is 4.50. The third-order valence-electron chi connectivity index (χ3n) is 3.09. The molecule has 0 aliphatic rings. The maximum absolute atomic E-state index is 9.48. The Labute approximate surface area is 118 Å². The van der Waals surface area contributed by atoms with Crippen LogP contribution in [0.25, 0.3) is 0 Å². The highest BCUT2D eigenvalue weighted by atomic mass is 35.5.